The smallest absolute Gasteiger partial charge is 0.344 e. The molecule has 0 fully saturated rings. The van der Waals surface area contributed by atoms with E-state index in [9.17, 15) is 9.59 Å². The van der Waals surface area contributed by atoms with Crippen LogP contribution in [0.4, 0.5) is 0 Å². The molecule has 0 atom stereocenters. The van der Waals surface area contributed by atoms with Crippen LogP contribution >= 0.6 is 31.9 Å². The molecule has 0 radical (unpaired) electrons. The molecule has 2 aromatic carbocycles. The van der Waals surface area contributed by atoms with Crippen LogP contribution < -0.4 is 15.0 Å². The first kappa shape index (κ1) is 23.0. The minimum Gasteiger partial charge on any atom is -0.493 e. The molecule has 3 aromatic rings. The Balaban J connectivity index is 1.93. The van der Waals surface area contributed by atoms with Gasteiger partial charge in [-0.1, -0.05) is 15.9 Å². The fourth-order valence-corrected chi connectivity index (χ4v) is 3.74. The number of fused-ring (bicyclic) bond motifs is 1. The van der Waals surface area contributed by atoms with Crippen molar-refractivity contribution in [3.05, 3.63) is 61.0 Å². The summed E-state index contributed by atoms with van der Waals surface area (Å²) in [6.45, 7) is 3.46. The number of hydrogen-bond acceptors (Lipinski definition) is 7. The molecular weight excluding hydrogens is 534 g/mol. The van der Waals surface area contributed by atoms with Gasteiger partial charge in [0.15, 0.2) is 18.1 Å². The Kier molecular flexibility index (Phi) is 7.45. The first-order chi connectivity index (χ1) is 14.8. The third kappa shape index (κ3) is 5.31. The Morgan fingerprint density at radius 2 is 2.03 bits per heavy atom. The molecule has 0 N–H and O–H groups in total. The van der Waals surface area contributed by atoms with Crippen LogP contribution in [0, 0.1) is 6.92 Å². The quantitative estimate of drug-likeness (QED) is 0.324. The van der Waals surface area contributed by atoms with Gasteiger partial charge in [-0.15, -0.1) is 0 Å². The molecule has 0 amide bonds. The third-order valence-electron chi connectivity index (χ3n) is 4.18. The summed E-state index contributed by atoms with van der Waals surface area (Å²) in [6, 6.07) is 8.74. The molecule has 0 unspecified atom stereocenters. The van der Waals surface area contributed by atoms with E-state index in [1.54, 1.807) is 38.1 Å². The molecule has 1 aromatic heterocycles. The molecule has 0 saturated heterocycles. The minimum absolute atomic E-state index is 0.247. The second-order valence-corrected chi connectivity index (χ2v) is 8.08. The van der Waals surface area contributed by atoms with Gasteiger partial charge in [0.25, 0.3) is 5.56 Å². The highest BCUT2D eigenvalue weighted by Crippen LogP contribution is 2.36. The average Bonchev–Trinajstić information content (AvgIpc) is 2.73. The maximum absolute atomic E-state index is 12.9. The van der Waals surface area contributed by atoms with Gasteiger partial charge in [0.2, 0.25) is 0 Å². The predicted octanol–water partition coefficient (Wildman–Crippen LogP) is 4.06. The van der Waals surface area contributed by atoms with E-state index in [1.165, 1.54) is 18.0 Å². The lowest BCUT2D eigenvalue weighted by atomic mass is 10.2. The van der Waals surface area contributed by atoms with Crippen LogP contribution in [0.2, 0.25) is 0 Å². The van der Waals surface area contributed by atoms with Crippen LogP contribution in [0.15, 0.2) is 49.2 Å². The van der Waals surface area contributed by atoms with E-state index >= 15 is 0 Å². The van der Waals surface area contributed by atoms with Crippen LogP contribution in [0.25, 0.3) is 10.9 Å². The normalized spacial score (nSPS) is 11.1. The number of carbonyl (C=O) groups excluding carboxylic acids is 1. The summed E-state index contributed by atoms with van der Waals surface area (Å²) in [5.41, 5.74) is 0.970. The minimum atomic E-state index is -0.479. The second-order valence-electron chi connectivity index (χ2n) is 6.31. The van der Waals surface area contributed by atoms with Gasteiger partial charge in [0.1, 0.15) is 5.82 Å². The van der Waals surface area contributed by atoms with E-state index in [0.717, 1.165) is 4.47 Å². The zero-order chi connectivity index (χ0) is 22.5. The highest BCUT2D eigenvalue weighted by atomic mass is 79.9. The van der Waals surface area contributed by atoms with Crippen molar-refractivity contribution in [1.82, 2.24) is 9.66 Å². The van der Waals surface area contributed by atoms with Crippen LogP contribution in [0.1, 0.15) is 18.3 Å². The third-order valence-corrected chi connectivity index (χ3v) is 5.27. The summed E-state index contributed by atoms with van der Waals surface area (Å²) in [5.74, 6) is 0.729. The first-order valence-electron chi connectivity index (χ1n) is 9.23. The van der Waals surface area contributed by atoms with Crippen molar-refractivity contribution in [2.45, 2.75) is 13.8 Å². The summed E-state index contributed by atoms with van der Waals surface area (Å²) < 4.78 is 18.3. The summed E-state index contributed by atoms with van der Waals surface area (Å²) in [5, 5.41) is 4.77. The van der Waals surface area contributed by atoms with Crippen molar-refractivity contribution in [2.24, 2.45) is 5.10 Å². The molecule has 10 heteroatoms. The van der Waals surface area contributed by atoms with Gasteiger partial charge in [-0.25, -0.2) is 9.78 Å². The van der Waals surface area contributed by atoms with Gasteiger partial charge in [-0.3, -0.25) is 4.79 Å². The number of carbonyl (C=O) groups is 1. The summed E-state index contributed by atoms with van der Waals surface area (Å²) >= 11 is 6.79. The second kappa shape index (κ2) is 10.1. The molecule has 1 heterocycles. The van der Waals surface area contributed by atoms with Crippen LogP contribution in [-0.4, -0.2) is 42.2 Å². The molecule has 0 aliphatic heterocycles. The van der Waals surface area contributed by atoms with Gasteiger partial charge in [-0.05, 0) is 65.7 Å². The molecule has 8 nitrogen and oxygen atoms in total. The standard InChI is InChI=1S/C21H19Br2N3O5/c1-4-30-19(27)11-31-20-16(23)7-13(8-18(20)29-3)10-24-26-12(2)25-17-6-5-14(22)9-15(17)21(26)28/h5-10H,4,11H2,1-3H3. The zero-order valence-corrected chi connectivity index (χ0v) is 20.2. The van der Waals surface area contributed by atoms with Gasteiger partial charge in [0, 0.05) is 4.47 Å². The number of ether oxygens (including phenoxy) is 3. The summed E-state index contributed by atoms with van der Waals surface area (Å²) in [6.07, 6.45) is 1.52. The highest BCUT2D eigenvalue weighted by Gasteiger charge is 2.14. The van der Waals surface area contributed by atoms with E-state index in [4.69, 9.17) is 14.2 Å². The fraction of sp³-hybridized carbons (Fsp3) is 0.238. The lowest BCUT2D eigenvalue weighted by molar-refractivity contribution is -0.145. The summed E-state index contributed by atoms with van der Waals surface area (Å²) in [7, 11) is 1.49. The molecule has 0 aliphatic rings. The number of benzene rings is 2. The molecule has 162 valence electrons. The van der Waals surface area contributed by atoms with Gasteiger partial charge in [-0.2, -0.15) is 9.78 Å². The lowest BCUT2D eigenvalue weighted by Crippen LogP contribution is -2.20. The lowest BCUT2D eigenvalue weighted by Gasteiger charge is -2.13. The van der Waals surface area contributed by atoms with E-state index in [-0.39, 0.29) is 18.8 Å². The van der Waals surface area contributed by atoms with Crippen molar-refractivity contribution in [3.8, 4) is 11.5 Å². The Labute approximate surface area is 195 Å². The molecule has 0 aliphatic carbocycles. The number of methoxy groups -OCH3 is 1. The van der Waals surface area contributed by atoms with E-state index in [1.807, 2.05) is 6.07 Å². The molecule has 3 rings (SSSR count). The van der Waals surface area contributed by atoms with Crippen LogP contribution in [-0.2, 0) is 9.53 Å². The number of aromatic nitrogens is 2. The van der Waals surface area contributed by atoms with Crippen molar-refractivity contribution in [2.75, 3.05) is 20.3 Å². The van der Waals surface area contributed by atoms with Crippen molar-refractivity contribution in [1.29, 1.82) is 0 Å². The highest BCUT2D eigenvalue weighted by molar-refractivity contribution is 9.10. The number of rotatable bonds is 7. The number of halogens is 2. The Bertz CT molecular complexity index is 1220. The maximum Gasteiger partial charge on any atom is 0.344 e. The Hall–Kier alpha value is -2.72. The van der Waals surface area contributed by atoms with E-state index in [2.05, 4.69) is 41.9 Å². The number of hydrogen-bond donors (Lipinski definition) is 0. The van der Waals surface area contributed by atoms with E-state index in [0.29, 0.717) is 38.3 Å². The Morgan fingerprint density at radius 1 is 1.26 bits per heavy atom. The van der Waals surface area contributed by atoms with Crippen molar-refractivity contribution < 1.29 is 19.0 Å². The average molecular weight is 553 g/mol. The molecular formula is C21H19Br2N3O5. The largest absolute Gasteiger partial charge is 0.493 e. The van der Waals surface area contributed by atoms with Crippen molar-refractivity contribution in [3.63, 3.8) is 0 Å². The van der Waals surface area contributed by atoms with Gasteiger partial charge >= 0.3 is 5.97 Å². The van der Waals surface area contributed by atoms with E-state index < -0.39 is 5.97 Å². The maximum atomic E-state index is 12.9. The first-order valence-corrected chi connectivity index (χ1v) is 10.8. The molecule has 31 heavy (non-hydrogen) atoms. The molecule has 0 spiro atoms. The monoisotopic (exact) mass is 551 g/mol. The SMILES string of the molecule is CCOC(=O)COc1c(Br)cc(C=Nn2c(C)nc3ccc(Br)cc3c2=O)cc1OC. The molecule has 0 bridgehead atoms. The molecule has 0 saturated carbocycles. The number of esters is 1. The number of aryl methyl sites for hydroxylation is 1. The van der Waals surface area contributed by atoms with Crippen molar-refractivity contribution >= 4 is 54.9 Å². The zero-order valence-electron chi connectivity index (χ0n) is 17.0. The number of nitrogens with zero attached hydrogens (tertiary/aromatic N) is 3. The Morgan fingerprint density at radius 3 is 2.74 bits per heavy atom. The van der Waals surface area contributed by atoms with Crippen LogP contribution in [0.3, 0.4) is 0 Å². The fourth-order valence-electron chi connectivity index (χ4n) is 2.81. The van der Waals surface area contributed by atoms with Gasteiger partial charge < -0.3 is 14.2 Å². The topological polar surface area (TPSA) is 92.0 Å². The van der Waals surface area contributed by atoms with Crippen LogP contribution in [0.5, 0.6) is 11.5 Å². The predicted molar refractivity (Wildman–Crippen MR) is 124 cm³/mol. The van der Waals surface area contributed by atoms with Gasteiger partial charge in [0.05, 0.1) is 35.3 Å². The summed E-state index contributed by atoms with van der Waals surface area (Å²) in [4.78, 5) is 28.9.